The number of nitrogens with zero attached hydrogens (tertiary/aromatic N) is 3. The number of alkyl halides is 3. The number of amides is 1. The first-order chi connectivity index (χ1) is 12.3. The van der Waals surface area contributed by atoms with Gasteiger partial charge in [0.2, 0.25) is 5.91 Å². The molecule has 1 amide bonds. The van der Waals surface area contributed by atoms with Gasteiger partial charge in [-0.2, -0.15) is 13.2 Å². The number of hydrogen-bond donors (Lipinski definition) is 2. The average molecular weight is 375 g/mol. The summed E-state index contributed by atoms with van der Waals surface area (Å²) in [7, 11) is 1.58. The molecule has 1 unspecified atom stereocenters. The van der Waals surface area contributed by atoms with Crippen LogP contribution in [-0.4, -0.2) is 73.7 Å². The largest absolute Gasteiger partial charge is 0.467 e. The van der Waals surface area contributed by atoms with Crippen LogP contribution in [0.1, 0.15) is 12.7 Å². The Balaban J connectivity index is 1.74. The lowest BCUT2D eigenvalue weighted by atomic mass is 10.2. The van der Waals surface area contributed by atoms with Crippen LogP contribution in [0.4, 0.5) is 13.2 Å². The van der Waals surface area contributed by atoms with Crippen LogP contribution < -0.4 is 10.6 Å². The zero-order valence-electron chi connectivity index (χ0n) is 14.8. The SMILES string of the molecule is CN=C(NCC(=O)NCc1ccco1)N1CCN(C(C)C(F)(F)F)CC1. The molecule has 0 spiro atoms. The van der Waals surface area contributed by atoms with Gasteiger partial charge in [-0.15, -0.1) is 0 Å². The summed E-state index contributed by atoms with van der Waals surface area (Å²) in [5, 5.41) is 5.64. The van der Waals surface area contributed by atoms with E-state index in [1.807, 2.05) is 4.90 Å². The quantitative estimate of drug-likeness (QED) is 0.594. The number of piperazine rings is 1. The number of carbonyl (C=O) groups is 1. The van der Waals surface area contributed by atoms with Gasteiger partial charge in [0.15, 0.2) is 5.96 Å². The highest BCUT2D eigenvalue weighted by Crippen LogP contribution is 2.25. The second-order valence-electron chi connectivity index (χ2n) is 6.00. The minimum absolute atomic E-state index is 0.0204. The molecule has 0 radical (unpaired) electrons. The van der Waals surface area contributed by atoms with Crippen LogP contribution in [0, 0.1) is 0 Å². The minimum atomic E-state index is -4.23. The van der Waals surface area contributed by atoms with Gasteiger partial charge in [0, 0.05) is 33.2 Å². The lowest BCUT2D eigenvalue weighted by Gasteiger charge is -2.39. The molecule has 0 bridgehead atoms. The van der Waals surface area contributed by atoms with Crippen molar-refractivity contribution in [2.45, 2.75) is 25.7 Å². The van der Waals surface area contributed by atoms with E-state index in [1.54, 1.807) is 19.2 Å². The van der Waals surface area contributed by atoms with Crippen molar-refractivity contribution in [3.05, 3.63) is 24.2 Å². The molecule has 0 aliphatic carbocycles. The fraction of sp³-hybridized carbons (Fsp3) is 0.625. The number of halogens is 3. The molecule has 146 valence electrons. The van der Waals surface area contributed by atoms with Gasteiger partial charge in [-0.25, -0.2) is 0 Å². The Morgan fingerprint density at radius 1 is 1.31 bits per heavy atom. The third-order valence-electron chi connectivity index (χ3n) is 4.29. The minimum Gasteiger partial charge on any atom is -0.467 e. The van der Waals surface area contributed by atoms with Crippen LogP contribution in [0.5, 0.6) is 0 Å². The molecule has 1 aliphatic heterocycles. The van der Waals surface area contributed by atoms with Gasteiger partial charge in [-0.05, 0) is 19.1 Å². The lowest BCUT2D eigenvalue weighted by molar-refractivity contribution is -0.181. The Morgan fingerprint density at radius 2 is 2.00 bits per heavy atom. The summed E-state index contributed by atoms with van der Waals surface area (Å²) in [6.45, 7) is 2.87. The van der Waals surface area contributed by atoms with Crippen molar-refractivity contribution in [3.63, 3.8) is 0 Å². The number of furan rings is 1. The molecule has 1 aromatic heterocycles. The van der Waals surface area contributed by atoms with Crippen LogP contribution in [0.25, 0.3) is 0 Å². The predicted octanol–water partition coefficient (Wildman–Crippen LogP) is 1.04. The molecule has 7 nitrogen and oxygen atoms in total. The van der Waals surface area contributed by atoms with Gasteiger partial charge in [0.05, 0.1) is 19.4 Å². The summed E-state index contributed by atoms with van der Waals surface area (Å²) < 4.78 is 43.5. The van der Waals surface area contributed by atoms with Crippen LogP contribution in [0.15, 0.2) is 27.8 Å². The molecule has 0 aromatic carbocycles. The zero-order chi connectivity index (χ0) is 19.2. The molecule has 10 heteroatoms. The second kappa shape index (κ2) is 8.93. The van der Waals surface area contributed by atoms with Crippen molar-refractivity contribution in [3.8, 4) is 0 Å². The zero-order valence-corrected chi connectivity index (χ0v) is 14.8. The third kappa shape index (κ3) is 5.65. The first-order valence-corrected chi connectivity index (χ1v) is 8.36. The Morgan fingerprint density at radius 3 is 2.54 bits per heavy atom. The highest BCUT2D eigenvalue weighted by molar-refractivity contribution is 5.86. The highest BCUT2D eigenvalue weighted by Gasteiger charge is 2.41. The molecule has 1 atom stereocenters. The van der Waals surface area contributed by atoms with E-state index in [1.165, 1.54) is 18.1 Å². The summed E-state index contributed by atoms with van der Waals surface area (Å²) in [6, 6.07) is 2.03. The Kier molecular flexibility index (Phi) is 6.90. The number of rotatable bonds is 5. The summed E-state index contributed by atoms with van der Waals surface area (Å²) in [4.78, 5) is 19.2. The van der Waals surface area contributed by atoms with Crippen molar-refractivity contribution in [2.24, 2.45) is 4.99 Å². The van der Waals surface area contributed by atoms with E-state index < -0.39 is 12.2 Å². The first-order valence-electron chi connectivity index (χ1n) is 8.36. The number of carbonyl (C=O) groups excluding carboxylic acids is 1. The van der Waals surface area contributed by atoms with Crippen LogP contribution >= 0.6 is 0 Å². The van der Waals surface area contributed by atoms with Gasteiger partial charge in [0.1, 0.15) is 11.8 Å². The van der Waals surface area contributed by atoms with Crippen LogP contribution in [0.3, 0.4) is 0 Å². The van der Waals surface area contributed by atoms with E-state index in [4.69, 9.17) is 4.42 Å². The van der Waals surface area contributed by atoms with Gasteiger partial charge >= 0.3 is 6.18 Å². The molecule has 2 N–H and O–H groups in total. The molecule has 0 saturated carbocycles. The first kappa shape index (κ1) is 20.1. The maximum absolute atomic E-state index is 12.8. The maximum atomic E-state index is 12.8. The molecule has 2 heterocycles. The smallest absolute Gasteiger partial charge is 0.403 e. The van der Waals surface area contributed by atoms with E-state index in [0.717, 1.165) is 0 Å². The van der Waals surface area contributed by atoms with Gasteiger partial charge < -0.3 is 20.0 Å². The molecule has 1 fully saturated rings. The monoisotopic (exact) mass is 375 g/mol. The summed E-state index contributed by atoms with van der Waals surface area (Å²) in [6.07, 6.45) is -2.70. The fourth-order valence-corrected chi connectivity index (χ4v) is 2.68. The topological polar surface area (TPSA) is 73.1 Å². The van der Waals surface area contributed by atoms with Crippen molar-refractivity contribution < 1.29 is 22.4 Å². The predicted molar refractivity (Wildman–Crippen MR) is 90.6 cm³/mol. The van der Waals surface area contributed by atoms with Crippen molar-refractivity contribution in [2.75, 3.05) is 39.8 Å². The molecular weight excluding hydrogens is 351 g/mol. The molecule has 1 aromatic rings. The second-order valence-corrected chi connectivity index (χ2v) is 6.00. The molecule has 1 aliphatic rings. The van der Waals surface area contributed by atoms with E-state index in [9.17, 15) is 18.0 Å². The number of hydrogen-bond acceptors (Lipinski definition) is 4. The molecule has 2 rings (SSSR count). The van der Waals surface area contributed by atoms with Gasteiger partial charge in [0.25, 0.3) is 0 Å². The van der Waals surface area contributed by atoms with E-state index in [0.29, 0.717) is 31.4 Å². The Hall–Kier alpha value is -2.23. The van der Waals surface area contributed by atoms with E-state index >= 15 is 0 Å². The Labute approximate surface area is 150 Å². The van der Waals surface area contributed by atoms with Crippen LogP contribution in [-0.2, 0) is 11.3 Å². The van der Waals surface area contributed by atoms with E-state index in [2.05, 4.69) is 15.6 Å². The molecular formula is C16H24F3N5O2. The third-order valence-corrected chi connectivity index (χ3v) is 4.29. The maximum Gasteiger partial charge on any atom is 0.403 e. The summed E-state index contributed by atoms with van der Waals surface area (Å²) in [5.41, 5.74) is 0. The molecule has 26 heavy (non-hydrogen) atoms. The Bertz CT molecular complexity index is 596. The van der Waals surface area contributed by atoms with Gasteiger partial charge in [-0.1, -0.05) is 0 Å². The van der Waals surface area contributed by atoms with E-state index in [-0.39, 0.29) is 25.5 Å². The number of nitrogens with one attached hydrogen (secondary N) is 2. The normalized spacial score (nSPS) is 17.9. The number of aliphatic imine (C=N–C) groups is 1. The standard InChI is InChI=1S/C16H24F3N5O2/c1-12(16(17,18)19)23-5-7-24(8-6-23)15(20-2)22-11-14(25)21-10-13-4-3-9-26-13/h3-4,9,12H,5-8,10-11H2,1-2H3,(H,20,22)(H,21,25). The fourth-order valence-electron chi connectivity index (χ4n) is 2.68. The lowest BCUT2D eigenvalue weighted by Crippen LogP contribution is -2.57. The van der Waals surface area contributed by atoms with Crippen molar-refractivity contribution >= 4 is 11.9 Å². The van der Waals surface area contributed by atoms with Crippen molar-refractivity contribution in [1.82, 2.24) is 20.4 Å². The van der Waals surface area contributed by atoms with Gasteiger partial charge in [-0.3, -0.25) is 14.7 Å². The summed E-state index contributed by atoms with van der Waals surface area (Å²) >= 11 is 0. The number of guanidine groups is 1. The highest BCUT2D eigenvalue weighted by atomic mass is 19.4. The average Bonchev–Trinajstić information content (AvgIpc) is 3.13. The van der Waals surface area contributed by atoms with Crippen molar-refractivity contribution in [1.29, 1.82) is 0 Å². The van der Waals surface area contributed by atoms with Crippen LogP contribution in [0.2, 0.25) is 0 Å². The summed E-state index contributed by atoms with van der Waals surface area (Å²) in [5.74, 6) is 0.918. The molecule has 1 saturated heterocycles.